The van der Waals surface area contributed by atoms with Gasteiger partial charge in [0, 0.05) is 10.1 Å². The third-order valence-electron chi connectivity index (χ3n) is 1.63. The summed E-state index contributed by atoms with van der Waals surface area (Å²) in [5, 5.41) is -0.0111. The summed E-state index contributed by atoms with van der Waals surface area (Å²) >= 11 is 0. The molecule has 0 aliphatic rings. The van der Waals surface area contributed by atoms with Crippen molar-refractivity contribution in [1.29, 1.82) is 0 Å². The summed E-state index contributed by atoms with van der Waals surface area (Å²) in [5.74, 6) is -0.508. The van der Waals surface area contributed by atoms with Crippen molar-refractivity contribution in [3.05, 3.63) is 24.0 Å². The lowest BCUT2D eigenvalue weighted by Gasteiger charge is -2.05. The highest BCUT2D eigenvalue weighted by atomic mass is 32.2. The van der Waals surface area contributed by atoms with E-state index in [4.69, 9.17) is 5.73 Å². The van der Waals surface area contributed by atoms with Crippen LogP contribution in [0.15, 0.2) is 23.1 Å². The van der Waals surface area contributed by atoms with Gasteiger partial charge in [0.25, 0.3) is 0 Å². The summed E-state index contributed by atoms with van der Waals surface area (Å²) in [5.41, 5.74) is 5.38. The second-order valence-electron chi connectivity index (χ2n) is 3.03. The Labute approximate surface area is 79.4 Å². The van der Waals surface area contributed by atoms with Crippen LogP contribution >= 0.6 is 0 Å². The molecule has 1 aromatic carbocycles. The summed E-state index contributed by atoms with van der Waals surface area (Å²) in [4.78, 5) is 0.488. The number of rotatable bonds is 2. The van der Waals surface area contributed by atoms with E-state index >= 15 is 0 Å². The molecule has 0 bridgehead atoms. The maximum absolute atomic E-state index is 12.9. The molecule has 0 aromatic heterocycles. The molecular weight excluding hydrogens is 189 g/mol. The maximum atomic E-state index is 12.9. The molecule has 0 saturated carbocycles. The lowest BCUT2D eigenvalue weighted by Crippen LogP contribution is -2.06. The fraction of sp³-hybridized carbons (Fsp3) is 0.333. The van der Waals surface area contributed by atoms with Crippen molar-refractivity contribution in [2.45, 2.75) is 24.0 Å². The number of anilines is 1. The third-order valence-corrected chi connectivity index (χ3v) is 3.21. The van der Waals surface area contributed by atoms with Gasteiger partial charge in [-0.05, 0) is 18.2 Å². The van der Waals surface area contributed by atoms with E-state index in [-0.39, 0.29) is 10.9 Å². The molecule has 0 aliphatic carbocycles. The highest BCUT2D eigenvalue weighted by Crippen LogP contribution is 2.16. The highest BCUT2D eigenvalue weighted by molar-refractivity contribution is 7.85. The highest BCUT2D eigenvalue weighted by Gasteiger charge is 2.09. The zero-order chi connectivity index (χ0) is 10.0. The molecule has 0 heterocycles. The van der Waals surface area contributed by atoms with Gasteiger partial charge in [-0.15, -0.1) is 0 Å². The van der Waals surface area contributed by atoms with E-state index < -0.39 is 16.6 Å². The van der Waals surface area contributed by atoms with Gasteiger partial charge in [-0.2, -0.15) is 0 Å². The van der Waals surface area contributed by atoms with E-state index in [1.54, 1.807) is 6.07 Å². The van der Waals surface area contributed by atoms with Crippen LogP contribution < -0.4 is 5.73 Å². The number of nitrogen functional groups attached to an aromatic ring is 1. The fourth-order valence-corrected chi connectivity index (χ4v) is 1.87. The van der Waals surface area contributed by atoms with E-state index in [0.717, 1.165) is 0 Å². The molecule has 4 heteroatoms. The minimum absolute atomic E-state index is 0.0111. The third kappa shape index (κ3) is 2.28. The minimum atomic E-state index is -1.15. The molecule has 1 aromatic rings. The second kappa shape index (κ2) is 3.87. The molecule has 0 radical (unpaired) electrons. The molecule has 2 nitrogen and oxygen atoms in total. The summed E-state index contributed by atoms with van der Waals surface area (Å²) in [6, 6.07) is 4.25. The van der Waals surface area contributed by atoms with Crippen LogP contribution in [0.5, 0.6) is 0 Å². The predicted molar refractivity (Wildman–Crippen MR) is 52.4 cm³/mol. The van der Waals surface area contributed by atoms with Crippen LogP contribution in [0.1, 0.15) is 13.8 Å². The SMILES string of the molecule is CC(C)S(=O)c1ccc(N)c(F)c1. The average Bonchev–Trinajstić information content (AvgIpc) is 2.08. The van der Waals surface area contributed by atoms with E-state index in [0.29, 0.717) is 4.90 Å². The number of hydrogen-bond acceptors (Lipinski definition) is 2. The zero-order valence-corrected chi connectivity index (χ0v) is 8.40. The van der Waals surface area contributed by atoms with Gasteiger partial charge < -0.3 is 5.73 Å². The van der Waals surface area contributed by atoms with Crippen LogP contribution in [0, 0.1) is 5.82 Å². The van der Waals surface area contributed by atoms with Gasteiger partial charge in [0.1, 0.15) is 5.82 Å². The quantitative estimate of drug-likeness (QED) is 0.743. The van der Waals surface area contributed by atoms with Crippen molar-refractivity contribution < 1.29 is 8.60 Å². The van der Waals surface area contributed by atoms with Crippen LogP contribution in [0.4, 0.5) is 10.1 Å². The molecule has 1 atom stereocenters. The Morgan fingerprint density at radius 1 is 1.46 bits per heavy atom. The van der Waals surface area contributed by atoms with Crippen molar-refractivity contribution >= 4 is 16.5 Å². The Balaban J connectivity index is 3.04. The van der Waals surface area contributed by atoms with Crippen molar-refractivity contribution in [3.63, 3.8) is 0 Å². The van der Waals surface area contributed by atoms with Gasteiger partial charge in [-0.25, -0.2) is 4.39 Å². The normalized spacial score (nSPS) is 13.2. The first kappa shape index (κ1) is 10.2. The topological polar surface area (TPSA) is 43.1 Å². The molecule has 0 aliphatic heterocycles. The fourth-order valence-electron chi connectivity index (χ4n) is 0.905. The molecule has 0 amide bonds. The largest absolute Gasteiger partial charge is 0.396 e. The van der Waals surface area contributed by atoms with Gasteiger partial charge in [-0.1, -0.05) is 13.8 Å². The molecule has 0 fully saturated rings. The monoisotopic (exact) mass is 201 g/mol. The first-order valence-corrected chi connectivity index (χ1v) is 5.19. The Hall–Kier alpha value is -0.900. The van der Waals surface area contributed by atoms with Crippen LogP contribution in [0.3, 0.4) is 0 Å². The Kier molecular flexibility index (Phi) is 3.03. The minimum Gasteiger partial charge on any atom is -0.396 e. The maximum Gasteiger partial charge on any atom is 0.147 e. The standard InChI is InChI=1S/C9H12FNOS/c1-6(2)13(12)7-3-4-9(11)8(10)5-7/h3-6H,11H2,1-2H3. The van der Waals surface area contributed by atoms with E-state index in [1.807, 2.05) is 13.8 Å². The van der Waals surface area contributed by atoms with Gasteiger partial charge in [0.15, 0.2) is 0 Å². The van der Waals surface area contributed by atoms with Crippen molar-refractivity contribution in [1.82, 2.24) is 0 Å². The van der Waals surface area contributed by atoms with E-state index in [1.165, 1.54) is 12.1 Å². The Morgan fingerprint density at radius 3 is 2.54 bits per heavy atom. The van der Waals surface area contributed by atoms with Crippen molar-refractivity contribution in [2.75, 3.05) is 5.73 Å². The summed E-state index contributed by atoms with van der Waals surface area (Å²) in [6.07, 6.45) is 0. The van der Waals surface area contributed by atoms with Crippen LogP contribution in [-0.2, 0) is 10.8 Å². The number of hydrogen-bond donors (Lipinski definition) is 1. The molecule has 72 valence electrons. The first-order valence-electron chi connectivity index (χ1n) is 3.98. The van der Waals surface area contributed by atoms with Crippen LogP contribution in [0.2, 0.25) is 0 Å². The van der Waals surface area contributed by atoms with Crippen LogP contribution in [0.25, 0.3) is 0 Å². The Bertz CT molecular complexity index is 338. The summed E-state index contributed by atoms with van der Waals surface area (Å²) in [6.45, 7) is 3.65. The van der Waals surface area contributed by atoms with Gasteiger partial charge >= 0.3 is 0 Å². The van der Waals surface area contributed by atoms with Gasteiger partial charge in [0.05, 0.1) is 16.5 Å². The molecule has 2 N–H and O–H groups in total. The number of benzene rings is 1. The average molecular weight is 201 g/mol. The molecular formula is C9H12FNOS. The van der Waals surface area contributed by atoms with Crippen LogP contribution in [-0.4, -0.2) is 9.46 Å². The predicted octanol–water partition coefficient (Wildman–Crippen LogP) is 1.92. The molecule has 1 rings (SSSR count). The summed E-state index contributed by atoms with van der Waals surface area (Å²) in [7, 11) is -1.15. The van der Waals surface area contributed by atoms with Crippen molar-refractivity contribution in [2.24, 2.45) is 0 Å². The van der Waals surface area contributed by atoms with Crippen molar-refractivity contribution in [3.8, 4) is 0 Å². The van der Waals surface area contributed by atoms with E-state index in [9.17, 15) is 8.60 Å². The zero-order valence-electron chi connectivity index (χ0n) is 7.58. The smallest absolute Gasteiger partial charge is 0.147 e. The Morgan fingerprint density at radius 2 is 2.08 bits per heavy atom. The molecule has 0 saturated heterocycles. The summed E-state index contributed by atoms with van der Waals surface area (Å²) < 4.78 is 24.5. The van der Waals surface area contributed by atoms with Gasteiger partial charge in [0.2, 0.25) is 0 Å². The number of halogens is 1. The first-order chi connectivity index (χ1) is 6.02. The molecule has 1 unspecified atom stereocenters. The van der Waals surface area contributed by atoms with Gasteiger partial charge in [-0.3, -0.25) is 4.21 Å². The second-order valence-corrected chi connectivity index (χ2v) is 5.04. The lowest BCUT2D eigenvalue weighted by molar-refractivity contribution is 0.627. The molecule has 13 heavy (non-hydrogen) atoms. The molecule has 0 spiro atoms. The lowest BCUT2D eigenvalue weighted by atomic mass is 10.3. The van der Waals surface area contributed by atoms with E-state index in [2.05, 4.69) is 0 Å². The number of nitrogens with two attached hydrogens (primary N) is 1.